The lowest BCUT2D eigenvalue weighted by Gasteiger charge is -2.23. The largest absolute Gasteiger partial charge is 0.497 e. The van der Waals surface area contributed by atoms with Gasteiger partial charge in [-0.2, -0.15) is 5.10 Å². The maximum absolute atomic E-state index is 13.9. The molecule has 1 amide bonds. The molecule has 1 aliphatic rings. The summed E-state index contributed by atoms with van der Waals surface area (Å²) in [7, 11) is 1.59. The minimum absolute atomic E-state index is 0.217. The van der Waals surface area contributed by atoms with Crippen molar-refractivity contribution >= 4 is 34.1 Å². The summed E-state index contributed by atoms with van der Waals surface area (Å²) in [6.45, 7) is 2.00. The third-order valence-corrected chi connectivity index (χ3v) is 6.21. The number of hydrogen-bond acceptors (Lipinski definition) is 4. The number of methoxy groups -OCH3 is 1. The Bertz CT molecular complexity index is 1450. The number of halogens is 2. The number of aryl methyl sites for hydroxylation is 1. The Hall–Kier alpha value is -3.77. The Kier molecular flexibility index (Phi) is 5.75. The molecule has 0 bridgehead atoms. The van der Waals surface area contributed by atoms with Crippen LogP contribution in [0.3, 0.4) is 0 Å². The van der Waals surface area contributed by atoms with Crippen molar-refractivity contribution in [2.24, 2.45) is 5.10 Å². The molecule has 1 atom stereocenters. The van der Waals surface area contributed by atoms with Gasteiger partial charge in [0.15, 0.2) is 0 Å². The van der Waals surface area contributed by atoms with Crippen LogP contribution < -0.4 is 4.74 Å². The van der Waals surface area contributed by atoms with Crippen molar-refractivity contribution in [3.05, 3.63) is 106 Å². The molecule has 0 aliphatic carbocycles. The molecule has 170 valence electrons. The van der Waals surface area contributed by atoms with Crippen molar-refractivity contribution in [2.45, 2.75) is 19.4 Å². The zero-order chi connectivity index (χ0) is 23.8. The minimum atomic E-state index is -0.488. The molecule has 0 N–H and O–H groups in total. The van der Waals surface area contributed by atoms with E-state index in [-0.39, 0.29) is 10.7 Å². The summed E-state index contributed by atoms with van der Waals surface area (Å²) in [5.41, 5.74) is 4.35. The second kappa shape index (κ2) is 8.88. The van der Waals surface area contributed by atoms with Crippen molar-refractivity contribution in [3.63, 3.8) is 0 Å². The highest BCUT2D eigenvalue weighted by Crippen LogP contribution is 2.38. The molecule has 0 saturated heterocycles. The molecular weight excluding hydrogens is 453 g/mol. The lowest BCUT2D eigenvalue weighted by molar-refractivity contribution is 0.0710. The van der Waals surface area contributed by atoms with Crippen molar-refractivity contribution in [2.75, 3.05) is 7.11 Å². The van der Waals surface area contributed by atoms with E-state index in [4.69, 9.17) is 16.3 Å². The zero-order valence-corrected chi connectivity index (χ0v) is 19.4. The molecule has 1 aromatic heterocycles. The van der Waals surface area contributed by atoms with E-state index in [1.807, 2.05) is 55.5 Å². The molecule has 5 rings (SSSR count). The Labute approximate surface area is 201 Å². The molecule has 0 saturated carbocycles. The first-order chi connectivity index (χ1) is 16.4. The topological polar surface area (TPSA) is 54.8 Å². The van der Waals surface area contributed by atoms with Gasteiger partial charge < -0.3 is 4.74 Å². The smallest absolute Gasteiger partial charge is 0.274 e. The SMILES string of the molecule is COc1ccc2cc(C3CC(c4cccc(C)c4)=NN3C(=O)c3cccc(F)c3)c(Cl)nc2c1. The van der Waals surface area contributed by atoms with Crippen LogP contribution in [-0.2, 0) is 0 Å². The van der Waals surface area contributed by atoms with Gasteiger partial charge in [0.1, 0.15) is 16.7 Å². The van der Waals surface area contributed by atoms with Crippen LogP contribution in [0, 0.1) is 12.7 Å². The average molecular weight is 474 g/mol. The van der Waals surface area contributed by atoms with Gasteiger partial charge in [-0.05, 0) is 48.9 Å². The van der Waals surface area contributed by atoms with Crippen LogP contribution in [0.1, 0.15) is 39.5 Å². The quantitative estimate of drug-likeness (QED) is 0.325. The number of ether oxygens (including phenoxy) is 1. The third kappa shape index (κ3) is 4.13. The summed E-state index contributed by atoms with van der Waals surface area (Å²) in [6, 6.07) is 20.6. The van der Waals surface area contributed by atoms with Gasteiger partial charge in [-0.3, -0.25) is 4.79 Å². The van der Waals surface area contributed by atoms with Gasteiger partial charge in [0.2, 0.25) is 0 Å². The molecule has 5 nitrogen and oxygen atoms in total. The molecule has 2 heterocycles. The van der Waals surface area contributed by atoms with Gasteiger partial charge in [-0.25, -0.2) is 14.4 Å². The van der Waals surface area contributed by atoms with Crippen molar-refractivity contribution in [1.82, 2.24) is 9.99 Å². The first kappa shape index (κ1) is 22.0. The minimum Gasteiger partial charge on any atom is -0.497 e. The molecule has 4 aromatic rings. The number of amides is 1. The standard InChI is InChI=1S/C27H21ClFN3O2/c1-16-5-3-6-17(11-16)24-15-25(32(31-24)27(33)19-7-4-8-20(29)12-19)22-13-18-9-10-21(34-2)14-23(18)30-26(22)28/h3-14,25H,15H2,1-2H3. The van der Waals surface area contributed by atoms with Gasteiger partial charge in [-0.15, -0.1) is 0 Å². The van der Waals surface area contributed by atoms with Gasteiger partial charge >= 0.3 is 0 Å². The fraction of sp³-hybridized carbons (Fsp3) is 0.148. The van der Waals surface area contributed by atoms with E-state index in [1.165, 1.54) is 23.2 Å². The lowest BCUT2D eigenvalue weighted by atomic mass is 9.97. The normalized spacial score (nSPS) is 15.5. The number of hydrazone groups is 1. The van der Waals surface area contributed by atoms with Gasteiger partial charge in [-0.1, -0.05) is 47.5 Å². The third-order valence-electron chi connectivity index (χ3n) is 5.91. The average Bonchev–Trinajstić information content (AvgIpc) is 3.28. The highest BCUT2D eigenvalue weighted by Gasteiger charge is 2.35. The number of carbonyl (C=O) groups is 1. The summed E-state index contributed by atoms with van der Waals surface area (Å²) < 4.78 is 19.2. The maximum atomic E-state index is 13.9. The number of pyridine rings is 1. The van der Waals surface area contributed by atoms with Gasteiger partial charge in [0, 0.05) is 29.0 Å². The molecule has 1 aliphatic heterocycles. The second-order valence-corrected chi connectivity index (χ2v) is 8.58. The molecule has 3 aromatic carbocycles. The predicted octanol–water partition coefficient (Wildman–Crippen LogP) is 6.34. The molecule has 0 fully saturated rings. The van der Waals surface area contributed by atoms with Crippen LogP contribution in [0.5, 0.6) is 5.75 Å². The van der Waals surface area contributed by atoms with E-state index >= 15 is 0 Å². The van der Waals surface area contributed by atoms with E-state index in [0.717, 1.165) is 22.2 Å². The van der Waals surface area contributed by atoms with Crippen LogP contribution in [0.4, 0.5) is 4.39 Å². The van der Waals surface area contributed by atoms with E-state index in [9.17, 15) is 9.18 Å². The molecule has 0 spiro atoms. The number of aromatic nitrogens is 1. The first-order valence-electron chi connectivity index (χ1n) is 10.8. The Balaban J connectivity index is 1.61. The Morgan fingerprint density at radius 3 is 2.68 bits per heavy atom. The highest BCUT2D eigenvalue weighted by molar-refractivity contribution is 6.30. The van der Waals surface area contributed by atoms with Crippen LogP contribution in [0.2, 0.25) is 5.15 Å². The fourth-order valence-corrected chi connectivity index (χ4v) is 4.46. The van der Waals surface area contributed by atoms with Crippen LogP contribution in [0.25, 0.3) is 10.9 Å². The zero-order valence-electron chi connectivity index (χ0n) is 18.6. The summed E-state index contributed by atoms with van der Waals surface area (Å²) in [5.74, 6) is -0.209. The number of benzene rings is 3. The molecule has 0 radical (unpaired) electrons. The van der Waals surface area contributed by atoms with Crippen molar-refractivity contribution in [1.29, 1.82) is 0 Å². The summed E-state index contributed by atoms with van der Waals surface area (Å²) >= 11 is 6.64. The van der Waals surface area contributed by atoms with Crippen molar-refractivity contribution < 1.29 is 13.9 Å². The van der Waals surface area contributed by atoms with Crippen molar-refractivity contribution in [3.8, 4) is 5.75 Å². The van der Waals surface area contributed by atoms with Gasteiger partial charge in [0.05, 0.1) is 24.4 Å². The van der Waals surface area contributed by atoms with E-state index in [1.54, 1.807) is 13.2 Å². The number of fused-ring (bicyclic) bond motifs is 1. The Morgan fingerprint density at radius 1 is 1.09 bits per heavy atom. The lowest BCUT2D eigenvalue weighted by Crippen LogP contribution is -2.27. The maximum Gasteiger partial charge on any atom is 0.274 e. The number of hydrogen-bond donors (Lipinski definition) is 0. The van der Waals surface area contributed by atoms with Crippen LogP contribution >= 0.6 is 11.6 Å². The van der Waals surface area contributed by atoms with E-state index < -0.39 is 17.8 Å². The number of nitrogens with zero attached hydrogens (tertiary/aromatic N) is 3. The summed E-state index contributed by atoms with van der Waals surface area (Å²) in [6.07, 6.45) is 0.452. The summed E-state index contributed by atoms with van der Waals surface area (Å²) in [4.78, 5) is 18.0. The van der Waals surface area contributed by atoms with Gasteiger partial charge in [0.25, 0.3) is 5.91 Å². The molecular formula is C27H21ClFN3O2. The monoisotopic (exact) mass is 473 g/mol. The van der Waals surface area contributed by atoms with E-state index in [0.29, 0.717) is 23.3 Å². The number of rotatable bonds is 4. The first-order valence-corrected chi connectivity index (χ1v) is 11.2. The summed E-state index contributed by atoms with van der Waals surface area (Å²) in [5, 5.41) is 7.22. The molecule has 7 heteroatoms. The Morgan fingerprint density at radius 2 is 1.91 bits per heavy atom. The van der Waals surface area contributed by atoms with E-state index in [2.05, 4.69) is 10.1 Å². The highest BCUT2D eigenvalue weighted by atomic mass is 35.5. The second-order valence-electron chi connectivity index (χ2n) is 8.22. The fourth-order valence-electron chi connectivity index (χ4n) is 4.19. The molecule has 1 unspecified atom stereocenters. The van der Waals surface area contributed by atoms with Crippen LogP contribution in [-0.4, -0.2) is 28.7 Å². The predicted molar refractivity (Wildman–Crippen MR) is 131 cm³/mol. The molecule has 34 heavy (non-hydrogen) atoms. The number of carbonyl (C=O) groups excluding carboxylic acids is 1. The van der Waals surface area contributed by atoms with Crippen LogP contribution in [0.15, 0.2) is 77.9 Å².